The third-order valence-corrected chi connectivity index (χ3v) is 8.04. The van der Waals surface area contributed by atoms with Crippen LogP contribution in [0, 0.1) is 0 Å². The highest BCUT2D eigenvalue weighted by Crippen LogP contribution is 2.11. The highest BCUT2D eigenvalue weighted by Gasteiger charge is 1.97. The second kappa shape index (κ2) is 46.7. The highest BCUT2D eigenvalue weighted by molar-refractivity contribution is 5.79. The average molecular weight is 679 g/mol. The Hall–Kier alpha value is -2.37. The van der Waals surface area contributed by atoms with Crippen molar-refractivity contribution in [3.63, 3.8) is 0 Å². The molecule has 282 valence electrons. The quantitative estimate of drug-likeness (QED) is 0.0362. The number of carbonyl (C=O) groups is 3. The lowest BCUT2D eigenvalue weighted by molar-refractivity contribution is -0.138. The molecule has 0 aromatic rings. The van der Waals surface area contributed by atoms with Gasteiger partial charge in [0, 0.05) is 18.9 Å². The lowest BCUT2D eigenvalue weighted by Gasteiger charge is -2.00. The van der Waals surface area contributed by atoms with Gasteiger partial charge in [0.2, 0.25) is 0 Å². The summed E-state index contributed by atoms with van der Waals surface area (Å²) in [6, 6.07) is 0. The molecular formula is C42H78O6. The van der Waals surface area contributed by atoms with E-state index in [-0.39, 0.29) is 0 Å². The van der Waals surface area contributed by atoms with E-state index in [2.05, 4.69) is 45.1 Å². The van der Waals surface area contributed by atoms with E-state index in [0.29, 0.717) is 12.8 Å². The summed E-state index contributed by atoms with van der Waals surface area (Å²) in [5, 5.41) is 25.3. The van der Waals surface area contributed by atoms with E-state index in [1.54, 1.807) is 6.08 Å². The number of carboxylic acids is 3. The average Bonchev–Trinajstić information content (AvgIpc) is 3.05. The van der Waals surface area contributed by atoms with Gasteiger partial charge < -0.3 is 15.3 Å². The highest BCUT2D eigenvalue weighted by atomic mass is 16.4. The molecule has 0 radical (unpaired) electrons. The summed E-state index contributed by atoms with van der Waals surface area (Å²) >= 11 is 0. The molecule has 0 aliphatic rings. The molecule has 0 aliphatic carbocycles. The Balaban J connectivity index is -0.000000633. The van der Waals surface area contributed by atoms with Crippen LogP contribution in [-0.2, 0) is 14.4 Å². The van der Waals surface area contributed by atoms with Crippen LogP contribution in [0.1, 0.15) is 213 Å². The first-order valence-electron chi connectivity index (χ1n) is 19.9. The van der Waals surface area contributed by atoms with Gasteiger partial charge in [-0.3, -0.25) is 9.59 Å². The molecule has 0 spiro atoms. The van der Waals surface area contributed by atoms with Crippen molar-refractivity contribution in [1.29, 1.82) is 0 Å². The monoisotopic (exact) mass is 679 g/mol. The van der Waals surface area contributed by atoms with Crippen molar-refractivity contribution in [1.82, 2.24) is 0 Å². The fourth-order valence-corrected chi connectivity index (χ4v) is 5.01. The molecule has 0 saturated heterocycles. The summed E-state index contributed by atoms with van der Waals surface area (Å²) in [7, 11) is 0. The maximum Gasteiger partial charge on any atom is 0.327 e. The Labute approximate surface area is 297 Å². The van der Waals surface area contributed by atoms with Crippen LogP contribution in [0.5, 0.6) is 0 Å². The Kier molecular flexibility index (Phi) is 48.7. The van der Waals surface area contributed by atoms with Crippen LogP contribution in [0.3, 0.4) is 0 Å². The Bertz CT molecular complexity index is 713. The van der Waals surface area contributed by atoms with Crippen LogP contribution in [0.15, 0.2) is 36.5 Å². The van der Waals surface area contributed by atoms with Gasteiger partial charge >= 0.3 is 17.9 Å². The summed E-state index contributed by atoms with van der Waals surface area (Å²) in [5.74, 6) is -2.17. The molecule has 0 aromatic carbocycles. The van der Waals surface area contributed by atoms with Crippen LogP contribution in [0.2, 0.25) is 0 Å². The number of unbranched alkanes of at least 4 members (excludes halogenated alkanes) is 23. The molecule has 0 amide bonds. The van der Waals surface area contributed by atoms with E-state index >= 15 is 0 Å². The Morgan fingerprint density at radius 2 is 0.625 bits per heavy atom. The molecule has 3 N–H and O–H groups in total. The minimum absolute atomic E-state index is 0.330. The van der Waals surface area contributed by atoms with Gasteiger partial charge in [-0.15, -0.1) is 0 Å². The number of hydrogen-bond donors (Lipinski definition) is 3. The van der Waals surface area contributed by atoms with Crippen LogP contribution in [0.4, 0.5) is 0 Å². The van der Waals surface area contributed by atoms with Gasteiger partial charge in [0.05, 0.1) is 0 Å². The summed E-state index contributed by atoms with van der Waals surface area (Å²) in [5.41, 5.74) is 0. The van der Waals surface area contributed by atoms with Crippen molar-refractivity contribution >= 4 is 17.9 Å². The van der Waals surface area contributed by atoms with E-state index in [1.165, 1.54) is 147 Å². The van der Waals surface area contributed by atoms with Gasteiger partial charge in [-0.2, -0.15) is 0 Å². The second-order valence-electron chi connectivity index (χ2n) is 13.0. The summed E-state index contributed by atoms with van der Waals surface area (Å²) in [6.45, 7) is 6.67. The molecule has 0 unspecified atom stereocenters. The van der Waals surface area contributed by atoms with Gasteiger partial charge in [-0.1, -0.05) is 167 Å². The van der Waals surface area contributed by atoms with Crippen molar-refractivity contribution in [3.8, 4) is 0 Å². The van der Waals surface area contributed by atoms with Gasteiger partial charge in [-0.05, 0) is 64.2 Å². The predicted octanol–water partition coefficient (Wildman–Crippen LogP) is 13.6. The topological polar surface area (TPSA) is 112 Å². The van der Waals surface area contributed by atoms with Crippen molar-refractivity contribution in [2.24, 2.45) is 0 Å². The van der Waals surface area contributed by atoms with E-state index in [1.807, 2.05) is 0 Å². The number of hydrogen-bond acceptors (Lipinski definition) is 3. The Morgan fingerprint density at radius 1 is 0.354 bits per heavy atom. The molecule has 6 heteroatoms. The van der Waals surface area contributed by atoms with Crippen LogP contribution < -0.4 is 0 Å². The smallest absolute Gasteiger partial charge is 0.327 e. The van der Waals surface area contributed by atoms with Crippen molar-refractivity contribution < 1.29 is 29.7 Å². The molecule has 0 fully saturated rings. The summed E-state index contributed by atoms with van der Waals surface area (Å²) < 4.78 is 0. The maximum absolute atomic E-state index is 10.3. The molecule has 0 heterocycles. The standard InChI is InChI=1S/3C14H26O2/c3*1-2-3-4-5-6-7-8-9-10-11-12-13-14(15)16/h12-13H,2-11H2,1H3,(H,15,16);2*5-6H,2-4,7-13H2,1H3,(H,15,16)/b;2*6-5-. The fourth-order valence-electron chi connectivity index (χ4n) is 5.01. The predicted molar refractivity (Wildman–Crippen MR) is 206 cm³/mol. The Morgan fingerprint density at radius 3 is 0.938 bits per heavy atom. The largest absolute Gasteiger partial charge is 0.481 e. The van der Waals surface area contributed by atoms with E-state index in [0.717, 1.165) is 38.5 Å². The summed E-state index contributed by atoms with van der Waals surface area (Å²) in [4.78, 5) is 30.7. The second-order valence-corrected chi connectivity index (χ2v) is 13.0. The zero-order valence-corrected chi connectivity index (χ0v) is 31.7. The minimum Gasteiger partial charge on any atom is -0.481 e. The van der Waals surface area contributed by atoms with Crippen LogP contribution >= 0.6 is 0 Å². The number of allylic oxidation sites excluding steroid dienone is 5. The first-order valence-corrected chi connectivity index (χ1v) is 19.9. The first kappa shape index (κ1) is 50.0. The van der Waals surface area contributed by atoms with Crippen molar-refractivity contribution in [3.05, 3.63) is 36.5 Å². The zero-order valence-electron chi connectivity index (χ0n) is 31.7. The molecule has 0 aliphatic heterocycles. The molecule has 48 heavy (non-hydrogen) atoms. The van der Waals surface area contributed by atoms with Gasteiger partial charge in [-0.25, -0.2) is 4.79 Å². The lowest BCUT2D eigenvalue weighted by atomic mass is 10.1. The molecule has 6 nitrogen and oxygen atoms in total. The molecule has 0 bridgehead atoms. The van der Waals surface area contributed by atoms with Gasteiger partial charge in [0.15, 0.2) is 0 Å². The normalized spacial score (nSPS) is 11.1. The molecular weight excluding hydrogens is 600 g/mol. The maximum atomic E-state index is 10.3. The van der Waals surface area contributed by atoms with Crippen LogP contribution in [-0.4, -0.2) is 33.2 Å². The first-order chi connectivity index (χ1) is 23.3. The fraction of sp³-hybridized carbons (Fsp3) is 0.786. The third kappa shape index (κ3) is 59.1. The minimum atomic E-state index is -0.837. The summed E-state index contributed by atoms with van der Waals surface area (Å²) in [6.07, 6.45) is 46.6. The van der Waals surface area contributed by atoms with E-state index < -0.39 is 17.9 Å². The van der Waals surface area contributed by atoms with Crippen molar-refractivity contribution in [2.75, 3.05) is 0 Å². The molecule has 0 saturated carbocycles. The van der Waals surface area contributed by atoms with Gasteiger partial charge in [0.25, 0.3) is 0 Å². The zero-order chi connectivity index (χ0) is 36.2. The van der Waals surface area contributed by atoms with E-state index in [9.17, 15) is 14.4 Å². The van der Waals surface area contributed by atoms with Gasteiger partial charge in [0.1, 0.15) is 0 Å². The molecule has 0 rings (SSSR count). The SMILES string of the molecule is CCCC/C=C\CCCCCCCC(=O)O.CCCC/C=C\CCCCCCCC(=O)O.CCCCCCCCCCCC=CC(=O)O. The molecule has 0 atom stereocenters. The third-order valence-electron chi connectivity index (χ3n) is 8.04. The number of aliphatic carboxylic acids is 3. The molecule has 0 aromatic heterocycles. The number of carboxylic acid groups (broad SMARTS) is 3. The lowest BCUT2D eigenvalue weighted by Crippen LogP contribution is -1.93. The van der Waals surface area contributed by atoms with Crippen LogP contribution in [0.25, 0.3) is 0 Å². The van der Waals surface area contributed by atoms with Crippen molar-refractivity contribution in [2.45, 2.75) is 213 Å². The van der Waals surface area contributed by atoms with E-state index in [4.69, 9.17) is 15.3 Å². The number of rotatable bonds is 33.